The Labute approximate surface area is 168 Å². The van der Waals surface area contributed by atoms with Gasteiger partial charge in [0.05, 0.1) is 29.4 Å². The van der Waals surface area contributed by atoms with Crippen LogP contribution in [0.4, 0.5) is 0 Å². The first-order chi connectivity index (χ1) is 13.8. The van der Waals surface area contributed by atoms with Crippen LogP contribution in [0.2, 0.25) is 0 Å². The van der Waals surface area contributed by atoms with Gasteiger partial charge in [-0.15, -0.1) is 5.10 Å². The summed E-state index contributed by atoms with van der Waals surface area (Å²) in [5, 5.41) is 4.54. The van der Waals surface area contributed by atoms with E-state index in [1.54, 1.807) is 13.8 Å². The van der Waals surface area contributed by atoms with Crippen molar-refractivity contribution in [3.8, 4) is 17.1 Å². The summed E-state index contributed by atoms with van der Waals surface area (Å²) in [4.78, 5) is 19.9. The number of hydrogen-bond donors (Lipinski definition) is 1. The van der Waals surface area contributed by atoms with Crippen LogP contribution >= 0.6 is 0 Å². The maximum absolute atomic E-state index is 12.7. The number of imidazole rings is 1. The molecule has 9 nitrogen and oxygen atoms in total. The molecule has 10 heteroatoms. The van der Waals surface area contributed by atoms with Crippen LogP contribution in [-0.4, -0.2) is 41.2 Å². The van der Waals surface area contributed by atoms with Gasteiger partial charge in [0.25, 0.3) is 15.7 Å². The largest absolute Gasteiger partial charge is 0.493 e. The highest BCUT2D eigenvalue weighted by molar-refractivity contribution is 7.86. The van der Waals surface area contributed by atoms with Crippen LogP contribution in [0, 0.1) is 6.92 Å². The van der Waals surface area contributed by atoms with Gasteiger partial charge < -0.3 is 9.72 Å². The molecule has 0 radical (unpaired) electrons. The van der Waals surface area contributed by atoms with Crippen LogP contribution in [0.25, 0.3) is 16.9 Å². The van der Waals surface area contributed by atoms with E-state index in [-0.39, 0.29) is 22.9 Å². The van der Waals surface area contributed by atoms with Gasteiger partial charge in [0.2, 0.25) is 0 Å². The van der Waals surface area contributed by atoms with Crippen molar-refractivity contribution in [2.75, 3.05) is 13.2 Å². The molecular weight excluding hydrogens is 396 g/mol. The lowest BCUT2D eigenvalue weighted by molar-refractivity contribution is 0.336. The van der Waals surface area contributed by atoms with E-state index in [0.29, 0.717) is 41.4 Å². The lowest BCUT2D eigenvalue weighted by atomic mass is 10.2. The van der Waals surface area contributed by atoms with Gasteiger partial charge in [0, 0.05) is 6.42 Å². The van der Waals surface area contributed by atoms with Crippen molar-refractivity contribution in [3.05, 3.63) is 40.1 Å². The van der Waals surface area contributed by atoms with Crippen LogP contribution < -0.4 is 10.3 Å². The topological polar surface area (TPSA) is 116 Å². The second-order valence-electron chi connectivity index (χ2n) is 6.38. The molecule has 0 aliphatic heterocycles. The van der Waals surface area contributed by atoms with E-state index < -0.39 is 10.1 Å². The van der Waals surface area contributed by atoms with Crippen LogP contribution in [0.3, 0.4) is 0 Å². The van der Waals surface area contributed by atoms with E-state index in [1.807, 2.05) is 13.8 Å². The zero-order valence-electron chi connectivity index (χ0n) is 16.9. The highest BCUT2D eigenvalue weighted by atomic mass is 32.2. The Morgan fingerprint density at radius 3 is 2.59 bits per heavy atom. The number of benzene rings is 1. The average molecular weight is 420 g/mol. The summed E-state index contributed by atoms with van der Waals surface area (Å²) in [6.45, 7) is 7.55. The number of fused-ring (bicyclic) bond motifs is 1. The van der Waals surface area contributed by atoms with Crippen LogP contribution in [0.5, 0.6) is 5.75 Å². The Bertz CT molecular complexity index is 1200. The van der Waals surface area contributed by atoms with Crippen molar-refractivity contribution in [2.24, 2.45) is 0 Å². The molecule has 3 rings (SSSR count). The first-order valence-corrected chi connectivity index (χ1v) is 10.9. The van der Waals surface area contributed by atoms with Crippen molar-refractivity contribution in [1.82, 2.24) is 19.6 Å². The molecule has 0 aliphatic carbocycles. The Morgan fingerprint density at radius 1 is 1.17 bits per heavy atom. The zero-order chi connectivity index (χ0) is 21.2. The van der Waals surface area contributed by atoms with Gasteiger partial charge in [-0.2, -0.15) is 8.42 Å². The molecule has 29 heavy (non-hydrogen) atoms. The fraction of sp³-hybridized carbons (Fsp3) is 0.421. The molecule has 0 fully saturated rings. The first kappa shape index (κ1) is 21.0. The number of aryl methyl sites for hydroxylation is 2. The van der Waals surface area contributed by atoms with Gasteiger partial charge >= 0.3 is 0 Å². The predicted molar refractivity (Wildman–Crippen MR) is 108 cm³/mol. The quantitative estimate of drug-likeness (QED) is 0.557. The summed E-state index contributed by atoms with van der Waals surface area (Å²) < 4.78 is 36.7. The second kappa shape index (κ2) is 8.34. The standard InChI is InChI=1S/C19H24N4O5S/c1-5-8-16-20-12(4)17-19(24)21-18(22-23(16)17)14-11-13(29(25,26)28-7-3)9-10-15(14)27-6-2/h9-11H,5-8H2,1-4H3,(H,21,22,24). The van der Waals surface area contributed by atoms with Crippen molar-refractivity contribution in [1.29, 1.82) is 0 Å². The number of nitrogens with zero attached hydrogens (tertiary/aromatic N) is 3. The smallest absolute Gasteiger partial charge is 0.296 e. The molecule has 0 saturated carbocycles. The van der Waals surface area contributed by atoms with Gasteiger partial charge in [-0.3, -0.25) is 8.98 Å². The molecule has 2 aromatic heterocycles. The number of aromatic nitrogens is 4. The molecule has 0 unspecified atom stereocenters. The summed E-state index contributed by atoms with van der Waals surface area (Å²) in [6, 6.07) is 4.32. The summed E-state index contributed by atoms with van der Waals surface area (Å²) in [5.74, 6) is 1.26. The lowest BCUT2D eigenvalue weighted by Crippen LogP contribution is -2.16. The Morgan fingerprint density at radius 2 is 1.93 bits per heavy atom. The number of rotatable bonds is 8. The van der Waals surface area contributed by atoms with Crippen molar-refractivity contribution in [3.63, 3.8) is 0 Å². The zero-order valence-corrected chi connectivity index (χ0v) is 17.7. The summed E-state index contributed by atoms with van der Waals surface area (Å²) in [7, 11) is -3.93. The number of aromatic amines is 1. The molecule has 1 aromatic carbocycles. The van der Waals surface area contributed by atoms with E-state index in [4.69, 9.17) is 8.92 Å². The third-order valence-corrected chi connectivity index (χ3v) is 5.66. The maximum atomic E-state index is 12.7. The number of nitrogens with one attached hydrogen (secondary N) is 1. The van der Waals surface area contributed by atoms with E-state index in [1.165, 1.54) is 22.7 Å². The third kappa shape index (κ3) is 4.03. The Hall–Kier alpha value is -2.72. The highest BCUT2D eigenvalue weighted by Crippen LogP contribution is 2.30. The molecule has 0 saturated heterocycles. The summed E-state index contributed by atoms with van der Waals surface area (Å²) in [6.07, 6.45) is 1.50. The van der Waals surface area contributed by atoms with E-state index in [2.05, 4.69) is 15.1 Å². The third-order valence-electron chi connectivity index (χ3n) is 4.28. The van der Waals surface area contributed by atoms with Crippen molar-refractivity contribution >= 4 is 15.6 Å². The van der Waals surface area contributed by atoms with Gasteiger partial charge in [-0.25, -0.2) is 9.50 Å². The van der Waals surface area contributed by atoms with Crippen LogP contribution in [0.1, 0.15) is 38.7 Å². The molecular formula is C19H24N4O5S. The fourth-order valence-corrected chi connectivity index (χ4v) is 4.04. The number of hydrogen-bond acceptors (Lipinski definition) is 7. The molecule has 0 bridgehead atoms. The normalized spacial score (nSPS) is 11.9. The molecule has 0 spiro atoms. The Kier molecular flexibility index (Phi) is 6.04. The van der Waals surface area contributed by atoms with Gasteiger partial charge in [0.15, 0.2) is 11.3 Å². The molecule has 3 aromatic rings. The van der Waals surface area contributed by atoms with E-state index in [0.717, 1.165) is 6.42 Å². The fourth-order valence-electron chi connectivity index (χ4n) is 3.10. The van der Waals surface area contributed by atoms with Gasteiger partial charge in [-0.05, 0) is 45.4 Å². The SMILES string of the molecule is CCCc1nc(C)c2c(=O)[nH]c(-c3cc(S(=O)(=O)OCC)ccc3OCC)nn12. The number of ether oxygens (including phenoxy) is 1. The molecule has 156 valence electrons. The lowest BCUT2D eigenvalue weighted by Gasteiger charge is -2.12. The average Bonchev–Trinajstić information content (AvgIpc) is 2.98. The Balaban J connectivity index is 2.27. The van der Waals surface area contributed by atoms with Gasteiger partial charge in [0.1, 0.15) is 11.6 Å². The van der Waals surface area contributed by atoms with Crippen molar-refractivity contribution < 1.29 is 17.3 Å². The molecule has 0 atom stereocenters. The monoisotopic (exact) mass is 420 g/mol. The minimum absolute atomic E-state index is 0.0145. The van der Waals surface area contributed by atoms with Crippen LogP contribution in [0.15, 0.2) is 27.9 Å². The van der Waals surface area contributed by atoms with Gasteiger partial charge in [-0.1, -0.05) is 6.92 Å². The molecule has 1 N–H and O–H groups in total. The molecule has 0 amide bonds. The minimum Gasteiger partial charge on any atom is -0.493 e. The second-order valence-corrected chi connectivity index (χ2v) is 7.99. The maximum Gasteiger partial charge on any atom is 0.296 e. The minimum atomic E-state index is -3.93. The molecule has 0 aliphatic rings. The van der Waals surface area contributed by atoms with E-state index in [9.17, 15) is 13.2 Å². The summed E-state index contributed by atoms with van der Waals surface area (Å²) in [5.41, 5.74) is 0.947. The predicted octanol–water partition coefficient (Wildman–Crippen LogP) is 2.47. The summed E-state index contributed by atoms with van der Waals surface area (Å²) >= 11 is 0. The van der Waals surface area contributed by atoms with Crippen LogP contribution in [-0.2, 0) is 20.7 Å². The first-order valence-electron chi connectivity index (χ1n) is 9.47. The van der Waals surface area contributed by atoms with E-state index >= 15 is 0 Å². The molecule has 2 heterocycles. The highest BCUT2D eigenvalue weighted by Gasteiger charge is 2.21. The number of H-pyrrole nitrogens is 1. The van der Waals surface area contributed by atoms with Crippen molar-refractivity contribution in [2.45, 2.75) is 45.4 Å².